The second-order valence-electron chi connectivity index (χ2n) is 6.13. The zero-order chi connectivity index (χ0) is 21.2. The molecule has 156 valence electrons. The van der Waals surface area contributed by atoms with E-state index in [2.05, 4.69) is 21.9 Å². The highest BCUT2D eigenvalue weighted by molar-refractivity contribution is 7.88. The first-order chi connectivity index (χ1) is 13.2. The third-order valence-corrected chi connectivity index (χ3v) is 4.33. The lowest BCUT2D eigenvalue weighted by Crippen LogP contribution is -2.52. The summed E-state index contributed by atoms with van der Waals surface area (Å²) in [5.41, 5.74) is 0.897. The molecule has 0 spiro atoms. The van der Waals surface area contributed by atoms with E-state index in [1.165, 1.54) is 14.0 Å². The predicted molar refractivity (Wildman–Crippen MR) is 107 cm³/mol. The van der Waals surface area contributed by atoms with Crippen LogP contribution in [0.5, 0.6) is 11.5 Å². The molecule has 0 aliphatic carbocycles. The SMILES string of the molecule is CCC#CCOc1ccc(CCNC(=O)[C@@H](NS(C)(=O)=O)[C@@H](C)O)cc1OC. The van der Waals surface area contributed by atoms with Gasteiger partial charge in [-0.1, -0.05) is 18.9 Å². The first kappa shape index (κ1) is 23.8. The molecule has 0 heterocycles. The van der Waals surface area contributed by atoms with E-state index in [1.54, 1.807) is 12.1 Å². The Morgan fingerprint density at radius 3 is 2.57 bits per heavy atom. The second-order valence-corrected chi connectivity index (χ2v) is 7.91. The highest BCUT2D eigenvalue weighted by Gasteiger charge is 2.26. The summed E-state index contributed by atoms with van der Waals surface area (Å²) in [6.45, 7) is 3.84. The van der Waals surface area contributed by atoms with E-state index in [9.17, 15) is 18.3 Å². The van der Waals surface area contributed by atoms with E-state index in [-0.39, 0.29) is 13.2 Å². The van der Waals surface area contributed by atoms with Gasteiger partial charge in [-0.2, -0.15) is 0 Å². The van der Waals surface area contributed by atoms with Crippen LogP contribution in [0, 0.1) is 11.8 Å². The molecule has 0 radical (unpaired) electrons. The van der Waals surface area contributed by atoms with Gasteiger partial charge in [0.1, 0.15) is 12.6 Å². The average molecular weight is 413 g/mol. The molecule has 0 saturated heterocycles. The largest absolute Gasteiger partial charge is 0.493 e. The van der Waals surface area contributed by atoms with E-state index in [0.29, 0.717) is 17.9 Å². The molecule has 0 bridgehead atoms. The van der Waals surface area contributed by atoms with Crippen molar-refractivity contribution in [3.63, 3.8) is 0 Å². The van der Waals surface area contributed by atoms with Crippen molar-refractivity contribution in [3.05, 3.63) is 23.8 Å². The van der Waals surface area contributed by atoms with Crippen molar-refractivity contribution < 1.29 is 27.8 Å². The number of aliphatic hydroxyl groups is 1. The molecule has 0 fully saturated rings. The number of hydrogen-bond donors (Lipinski definition) is 3. The van der Waals surface area contributed by atoms with E-state index in [4.69, 9.17) is 9.47 Å². The Balaban J connectivity index is 2.65. The number of nitrogens with one attached hydrogen (secondary N) is 2. The van der Waals surface area contributed by atoms with Gasteiger partial charge in [0.2, 0.25) is 15.9 Å². The number of rotatable bonds is 10. The molecule has 0 saturated carbocycles. The second kappa shape index (κ2) is 11.5. The van der Waals surface area contributed by atoms with Crippen molar-refractivity contribution in [3.8, 4) is 23.3 Å². The molecule has 0 aromatic heterocycles. The molecule has 0 aliphatic rings. The summed E-state index contributed by atoms with van der Waals surface area (Å²) in [7, 11) is -2.09. The summed E-state index contributed by atoms with van der Waals surface area (Å²) in [4.78, 5) is 12.1. The molecule has 3 N–H and O–H groups in total. The molecule has 28 heavy (non-hydrogen) atoms. The molecule has 0 unspecified atom stereocenters. The van der Waals surface area contributed by atoms with Crippen LogP contribution in [0.1, 0.15) is 25.8 Å². The van der Waals surface area contributed by atoms with Gasteiger partial charge in [-0.05, 0) is 31.0 Å². The lowest BCUT2D eigenvalue weighted by atomic mass is 10.1. The number of methoxy groups -OCH3 is 1. The van der Waals surface area contributed by atoms with Crippen LogP contribution in [-0.4, -0.2) is 58.1 Å². The van der Waals surface area contributed by atoms with Crippen LogP contribution >= 0.6 is 0 Å². The Morgan fingerprint density at radius 2 is 2.00 bits per heavy atom. The smallest absolute Gasteiger partial charge is 0.240 e. The topological polar surface area (TPSA) is 114 Å². The number of carbonyl (C=O) groups is 1. The highest BCUT2D eigenvalue weighted by Crippen LogP contribution is 2.28. The monoisotopic (exact) mass is 412 g/mol. The lowest BCUT2D eigenvalue weighted by molar-refractivity contribution is -0.124. The van der Waals surface area contributed by atoms with Gasteiger partial charge in [0.05, 0.1) is 19.5 Å². The van der Waals surface area contributed by atoms with Gasteiger partial charge in [0, 0.05) is 13.0 Å². The predicted octanol–water partition coefficient (Wildman–Crippen LogP) is 0.445. The van der Waals surface area contributed by atoms with Crippen molar-refractivity contribution in [2.45, 2.75) is 38.8 Å². The Morgan fingerprint density at radius 1 is 1.29 bits per heavy atom. The summed E-state index contributed by atoms with van der Waals surface area (Å²) >= 11 is 0. The molecule has 1 aromatic rings. The zero-order valence-corrected chi connectivity index (χ0v) is 17.4. The van der Waals surface area contributed by atoms with E-state index < -0.39 is 28.1 Å². The van der Waals surface area contributed by atoms with Crippen LogP contribution < -0.4 is 19.5 Å². The summed E-state index contributed by atoms with van der Waals surface area (Å²) in [5.74, 6) is 6.35. The molecule has 8 nitrogen and oxygen atoms in total. The maximum atomic E-state index is 12.1. The number of benzene rings is 1. The quantitative estimate of drug-likeness (QED) is 0.481. The van der Waals surface area contributed by atoms with Crippen molar-refractivity contribution in [1.29, 1.82) is 0 Å². The molecule has 0 aliphatic heterocycles. The minimum Gasteiger partial charge on any atom is -0.493 e. The molecular formula is C19H28N2O6S. The van der Waals surface area contributed by atoms with Crippen molar-refractivity contribution in [1.82, 2.24) is 10.0 Å². The fourth-order valence-electron chi connectivity index (χ4n) is 2.32. The van der Waals surface area contributed by atoms with Gasteiger partial charge >= 0.3 is 0 Å². The third-order valence-electron chi connectivity index (χ3n) is 3.65. The molecule has 9 heteroatoms. The number of ether oxygens (including phenoxy) is 2. The van der Waals surface area contributed by atoms with Gasteiger partial charge in [-0.15, -0.1) is 5.92 Å². The van der Waals surface area contributed by atoms with Crippen molar-refractivity contribution in [2.75, 3.05) is 26.5 Å². The summed E-state index contributed by atoms with van der Waals surface area (Å²) in [6.07, 6.45) is 1.02. The highest BCUT2D eigenvalue weighted by atomic mass is 32.2. The number of sulfonamides is 1. The lowest BCUT2D eigenvalue weighted by Gasteiger charge is -2.19. The van der Waals surface area contributed by atoms with Crippen molar-refractivity contribution >= 4 is 15.9 Å². The fraction of sp³-hybridized carbons (Fsp3) is 0.526. The Hall–Kier alpha value is -2.28. The number of carbonyl (C=O) groups excluding carboxylic acids is 1. The van der Waals surface area contributed by atoms with Gasteiger partial charge in [-0.25, -0.2) is 13.1 Å². The molecular weight excluding hydrogens is 384 g/mol. The van der Waals surface area contributed by atoms with E-state index >= 15 is 0 Å². The van der Waals surface area contributed by atoms with Crippen LogP contribution in [0.3, 0.4) is 0 Å². The first-order valence-corrected chi connectivity index (χ1v) is 10.8. The van der Waals surface area contributed by atoms with Gasteiger partial charge < -0.3 is 19.9 Å². The number of aliphatic hydroxyl groups excluding tert-OH is 1. The number of amides is 1. The Bertz CT molecular complexity index is 811. The van der Waals surface area contributed by atoms with Crippen LogP contribution in [0.2, 0.25) is 0 Å². The maximum Gasteiger partial charge on any atom is 0.240 e. The van der Waals surface area contributed by atoms with E-state index in [0.717, 1.165) is 18.2 Å². The normalized spacial score (nSPS) is 13.0. The van der Waals surface area contributed by atoms with Crippen LogP contribution in [-0.2, 0) is 21.2 Å². The minimum absolute atomic E-state index is 0.263. The first-order valence-electron chi connectivity index (χ1n) is 8.86. The van der Waals surface area contributed by atoms with Crippen LogP contribution in [0.4, 0.5) is 0 Å². The van der Waals surface area contributed by atoms with Gasteiger partial charge in [0.25, 0.3) is 0 Å². The third kappa shape index (κ3) is 8.61. The molecule has 1 rings (SSSR count). The molecule has 2 atom stereocenters. The van der Waals surface area contributed by atoms with Crippen molar-refractivity contribution in [2.24, 2.45) is 0 Å². The summed E-state index contributed by atoms with van der Waals surface area (Å²) in [6, 6.07) is 4.17. The van der Waals surface area contributed by atoms with Gasteiger partial charge in [-0.3, -0.25) is 4.79 Å². The summed E-state index contributed by atoms with van der Waals surface area (Å²) < 4.78 is 35.7. The summed E-state index contributed by atoms with van der Waals surface area (Å²) in [5, 5.41) is 12.3. The zero-order valence-electron chi connectivity index (χ0n) is 16.6. The standard InChI is InChI=1S/C19H28N2O6S/c1-5-6-7-12-27-16-9-8-15(13-17(16)26-3)10-11-20-19(23)18(14(2)22)21-28(4,24)25/h8-9,13-14,18,21-22H,5,10-12H2,1-4H3,(H,20,23)/t14-,18+/m1/s1. The molecule has 1 aromatic carbocycles. The Labute approximate surface area is 166 Å². The minimum atomic E-state index is -3.63. The average Bonchev–Trinajstić information content (AvgIpc) is 2.62. The Kier molecular flexibility index (Phi) is 9.79. The van der Waals surface area contributed by atoms with Crippen LogP contribution in [0.25, 0.3) is 0 Å². The van der Waals surface area contributed by atoms with E-state index in [1.807, 2.05) is 13.0 Å². The number of hydrogen-bond acceptors (Lipinski definition) is 6. The fourth-order valence-corrected chi connectivity index (χ4v) is 3.08. The van der Waals surface area contributed by atoms with Crippen LogP contribution in [0.15, 0.2) is 18.2 Å². The van der Waals surface area contributed by atoms with Gasteiger partial charge in [0.15, 0.2) is 11.5 Å². The maximum absolute atomic E-state index is 12.1. The molecule has 1 amide bonds.